The van der Waals surface area contributed by atoms with Crippen LogP contribution in [-0.4, -0.2) is 8.44 Å². The molecule has 1 aliphatic rings. The van der Waals surface area contributed by atoms with Gasteiger partial charge in [0, 0.05) is 3.92 Å². The summed E-state index contributed by atoms with van der Waals surface area (Å²) in [5.74, 6) is 0.917. The van der Waals surface area contributed by atoms with Gasteiger partial charge in [-0.25, -0.2) is 0 Å². The Morgan fingerprint density at radius 3 is 2.79 bits per heavy atom. The van der Waals surface area contributed by atoms with Crippen molar-refractivity contribution in [1.82, 2.24) is 0 Å². The van der Waals surface area contributed by atoms with Crippen LogP contribution in [0.5, 0.6) is 0 Å². The molecule has 0 N–H and O–H groups in total. The molecular formula is C13H23I. The van der Waals surface area contributed by atoms with Gasteiger partial charge in [-0.2, -0.15) is 0 Å². The second-order valence-corrected chi connectivity index (χ2v) is 7.42. The van der Waals surface area contributed by atoms with Crippen LogP contribution in [0.25, 0.3) is 0 Å². The smallest absolute Gasteiger partial charge is 0.00599 e. The molecule has 0 saturated heterocycles. The first-order chi connectivity index (χ1) is 6.66. The van der Waals surface area contributed by atoms with Crippen LogP contribution in [-0.2, 0) is 0 Å². The lowest BCUT2D eigenvalue weighted by Gasteiger charge is -2.43. The van der Waals surface area contributed by atoms with Gasteiger partial charge in [-0.1, -0.05) is 30.9 Å². The molecule has 0 amide bonds. The van der Waals surface area contributed by atoms with E-state index in [1.165, 1.54) is 32.1 Å². The van der Waals surface area contributed by atoms with Gasteiger partial charge in [0.15, 0.2) is 0 Å². The number of halogens is 1. The van der Waals surface area contributed by atoms with Crippen molar-refractivity contribution in [2.45, 2.75) is 49.9 Å². The largest absolute Gasteiger partial charge is 0.127 e. The first-order valence-corrected chi connectivity index (χ1v) is 8.41. The second kappa shape index (κ2) is 5.43. The minimum absolute atomic E-state index is 0.225. The highest BCUT2D eigenvalue weighted by Crippen LogP contribution is 2.47. The predicted molar refractivity (Wildman–Crippen MR) is 75.5 cm³/mol. The minimum Gasteiger partial charge on any atom is -0.127 e. The van der Waals surface area contributed by atoms with Crippen LogP contribution in [0.4, 0.5) is 0 Å². The van der Waals surface area contributed by atoms with Gasteiger partial charge in [-0.3, -0.25) is 0 Å². The zero-order valence-electron chi connectivity index (χ0n) is 9.56. The van der Waals surface area contributed by atoms with Gasteiger partial charge in [0.25, 0.3) is 0 Å². The lowest BCUT2D eigenvalue weighted by Crippen LogP contribution is -2.34. The Bertz CT molecular complexity index is 209. The predicted octanol–water partition coefficient (Wildman–Crippen LogP) is 4.55. The molecule has 0 heterocycles. The van der Waals surface area contributed by atoms with E-state index in [-0.39, 0.29) is 20.7 Å². The number of hydrogen-bond donors (Lipinski definition) is 0. The number of hydrogen-bond acceptors (Lipinski definition) is 0. The van der Waals surface area contributed by atoms with E-state index < -0.39 is 0 Å². The third-order valence-corrected chi connectivity index (χ3v) is 6.25. The SMILES string of the molecule is C=CCC1(C)CCC(I=C)CC1CC. The van der Waals surface area contributed by atoms with Crippen molar-refractivity contribution in [3.63, 3.8) is 0 Å². The Kier molecular flexibility index (Phi) is 4.81. The molecule has 1 aliphatic carbocycles. The molecule has 1 rings (SSSR count). The van der Waals surface area contributed by atoms with E-state index in [4.69, 9.17) is 0 Å². The molecule has 3 atom stereocenters. The maximum Gasteiger partial charge on any atom is 0.00599 e. The normalized spacial score (nSPS) is 38.1. The molecule has 1 fully saturated rings. The average Bonchev–Trinajstić information content (AvgIpc) is 2.19. The van der Waals surface area contributed by atoms with Crippen LogP contribution >= 0.6 is 20.7 Å². The summed E-state index contributed by atoms with van der Waals surface area (Å²) in [7, 11) is 0. The zero-order chi connectivity index (χ0) is 10.6. The van der Waals surface area contributed by atoms with Crippen LogP contribution in [0.2, 0.25) is 0 Å². The van der Waals surface area contributed by atoms with E-state index >= 15 is 0 Å². The van der Waals surface area contributed by atoms with E-state index in [2.05, 4.69) is 31.0 Å². The molecule has 0 bridgehead atoms. The fourth-order valence-corrected chi connectivity index (χ4v) is 4.52. The van der Waals surface area contributed by atoms with E-state index in [0.29, 0.717) is 5.41 Å². The number of alkyl halides is 1. The topological polar surface area (TPSA) is 0 Å². The third-order valence-electron chi connectivity index (χ3n) is 3.88. The number of allylic oxidation sites excluding steroid dienone is 1. The maximum atomic E-state index is 4.16. The van der Waals surface area contributed by atoms with Gasteiger partial charge in [-0.05, 0) is 37.0 Å². The second-order valence-electron chi connectivity index (χ2n) is 4.78. The lowest BCUT2D eigenvalue weighted by atomic mass is 9.65. The highest BCUT2D eigenvalue weighted by atomic mass is 127. The van der Waals surface area contributed by atoms with Gasteiger partial charge in [-0.15, -0.1) is 27.3 Å². The van der Waals surface area contributed by atoms with Crippen LogP contribution in [0.3, 0.4) is 0 Å². The molecule has 0 aromatic rings. The summed E-state index contributed by atoms with van der Waals surface area (Å²) >= 11 is 0.225. The van der Waals surface area contributed by atoms with Crippen molar-refractivity contribution >= 4 is 25.2 Å². The standard InChI is InChI=1S/C13H23I/c1-5-8-13(3)9-7-12(14-4)10-11(13)6-2/h5,11-12H,1,4,6-10H2,2-3H3. The molecule has 0 spiro atoms. The summed E-state index contributed by atoms with van der Waals surface area (Å²) in [6.45, 7) is 8.70. The Morgan fingerprint density at radius 2 is 2.29 bits per heavy atom. The van der Waals surface area contributed by atoms with E-state index in [9.17, 15) is 0 Å². The molecule has 0 aromatic heterocycles. The van der Waals surface area contributed by atoms with Crippen molar-refractivity contribution in [3.05, 3.63) is 12.7 Å². The van der Waals surface area contributed by atoms with E-state index in [0.717, 1.165) is 9.84 Å². The Labute approximate surface area is 98.9 Å². The van der Waals surface area contributed by atoms with E-state index in [1.54, 1.807) is 0 Å². The third kappa shape index (κ3) is 2.68. The fourth-order valence-electron chi connectivity index (χ4n) is 2.80. The van der Waals surface area contributed by atoms with Crippen LogP contribution in [0.1, 0.15) is 46.0 Å². The van der Waals surface area contributed by atoms with Crippen LogP contribution in [0.15, 0.2) is 12.7 Å². The average molecular weight is 306 g/mol. The maximum absolute atomic E-state index is 4.16. The fraction of sp³-hybridized carbons (Fsp3) is 0.769. The summed E-state index contributed by atoms with van der Waals surface area (Å²) < 4.78 is 5.16. The highest BCUT2D eigenvalue weighted by Gasteiger charge is 2.37. The van der Waals surface area contributed by atoms with Crippen LogP contribution < -0.4 is 0 Å². The molecule has 1 saturated carbocycles. The summed E-state index contributed by atoms with van der Waals surface area (Å²) in [5, 5.41) is 0. The van der Waals surface area contributed by atoms with Gasteiger partial charge in [0.2, 0.25) is 0 Å². The summed E-state index contributed by atoms with van der Waals surface area (Å²) in [6, 6.07) is 0. The Hall–Kier alpha value is 0.340. The van der Waals surface area contributed by atoms with Gasteiger partial charge in [0.1, 0.15) is 0 Å². The highest BCUT2D eigenvalue weighted by molar-refractivity contribution is 14.2. The summed E-state index contributed by atoms with van der Waals surface area (Å²) in [6.07, 6.45) is 8.92. The quantitative estimate of drug-likeness (QED) is 0.406. The Morgan fingerprint density at radius 1 is 1.57 bits per heavy atom. The summed E-state index contributed by atoms with van der Waals surface area (Å²) in [5.41, 5.74) is 0.548. The first-order valence-electron chi connectivity index (χ1n) is 5.64. The molecule has 0 aliphatic heterocycles. The van der Waals surface area contributed by atoms with Crippen molar-refractivity contribution in [3.8, 4) is 0 Å². The van der Waals surface area contributed by atoms with Gasteiger partial charge < -0.3 is 0 Å². The van der Waals surface area contributed by atoms with E-state index in [1.807, 2.05) is 0 Å². The minimum atomic E-state index is 0.225. The van der Waals surface area contributed by atoms with Crippen molar-refractivity contribution in [2.75, 3.05) is 0 Å². The monoisotopic (exact) mass is 306 g/mol. The lowest BCUT2D eigenvalue weighted by molar-refractivity contribution is 0.121. The molecule has 0 nitrogen and oxygen atoms in total. The molecule has 3 unspecified atom stereocenters. The molecule has 0 aromatic carbocycles. The molecule has 1 heteroatoms. The number of rotatable bonds is 4. The zero-order valence-corrected chi connectivity index (χ0v) is 11.7. The molecule has 0 radical (unpaired) electrons. The van der Waals surface area contributed by atoms with Crippen molar-refractivity contribution < 1.29 is 0 Å². The van der Waals surface area contributed by atoms with Crippen molar-refractivity contribution in [1.29, 1.82) is 0 Å². The molecular weight excluding hydrogens is 283 g/mol. The molecule has 82 valence electrons. The molecule has 14 heavy (non-hydrogen) atoms. The van der Waals surface area contributed by atoms with Gasteiger partial charge >= 0.3 is 0 Å². The Balaban J connectivity index is 2.68. The summed E-state index contributed by atoms with van der Waals surface area (Å²) in [4.78, 5) is 0. The first kappa shape index (κ1) is 12.4. The van der Waals surface area contributed by atoms with Gasteiger partial charge in [0.05, 0.1) is 0 Å². The van der Waals surface area contributed by atoms with Crippen LogP contribution in [0, 0.1) is 11.3 Å². The van der Waals surface area contributed by atoms with Crippen molar-refractivity contribution in [2.24, 2.45) is 11.3 Å².